The molecule has 0 atom stereocenters. The summed E-state index contributed by atoms with van der Waals surface area (Å²) in [6.07, 6.45) is 0. The number of benzene rings is 1. The predicted octanol–water partition coefficient (Wildman–Crippen LogP) is 3.60. The van der Waals surface area contributed by atoms with Crippen LogP contribution in [0.1, 0.15) is 38.2 Å². The molecular formula is C20H27N3O. The highest BCUT2D eigenvalue weighted by atomic mass is 16.1. The Morgan fingerprint density at radius 1 is 1.00 bits per heavy atom. The van der Waals surface area contributed by atoms with E-state index in [1.807, 2.05) is 42.5 Å². The monoisotopic (exact) mass is 325 g/mol. The van der Waals surface area contributed by atoms with Gasteiger partial charge in [0.25, 0.3) is 5.91 Å². The maximum atomic E-state index is 12.4. The van der Waals surface area contributed by atoms with Gasteiger partial charge in [-0.05, 0) is 39.8 Å². The summed E-state index contributed by atoms with van der Waals surface area (Å²) in [6, 6.07) is 16.4. The van der Waals surface area contributed by atoms with Gasteiger partial charge < -0.3 is 5.32 Å². The van der Waals surface area contributed by atoms with E-state index in [1.54, 1.807) is 6.07 Å². The van der Waals surface area contributed by atoms with Gasteiger partial charge in [-0.15, -0.1) is 0 Å². The van der Waals surface area contributed by atoms with Crippen molar-refractivity contribution in [3.05, 3.63) is 54.2 Å². The average molecular weight is 325 g/mol. The van der Waals surface area contributed by atoms with Crippen molar-refractivity contribution in [3.8, 4) is 11.3 Å². The van der Waals surface area contributed by atoms with Crippen LogP contribution in [0.4, 0.5) is 0 Å². The number of pyridine rings is 1. The van der Waals surface area contributed by atoms with E-state index in [9.17, 15) is 4.79 Å². The van der Waals surface area contributed by atoms with Crippen molar-refractivity contribution in [3.63, 3.8) is 0 Å². The fraction of sp³-hybridized carbons (Fsp3) is 0.400. The van der Waals surface area contributed by atoms with Crippen LogP contribution >= 0.6 is 0 Å². The minimum atomic E-state index is -0.125. The summed E-state index contributed by atoms with van der Waals surface area (Å²) in [4.78, 5) is 19.2. The first-order valence-electron chi connectivity index (χ1n) is 8.55. The fourth-order valence-electron chi connectivity index (χ4n) is 2.83. The van der Waals surface area contributed by atoms with Gasteiger partial charge in [0.1, 0.15) is 5.69 Å². The number of hydrogen-bond donors (Lipinski definition) is 1. The minimum absolute atomic E-state index is 0.125. The Balaban J connectivity index is 1.98. The van der Waals surface area contributed by atoms with E-state index in [4.69, 9.17) is 0 Å². The molecule has 0 saturated carbocycles. The largest absolute Gasteiger partial charge is 0.349 e. The molecule has 0 spiro atoms. The Hall–Kier alpha value is -2.20. The third-order valence-corrected chi connectivity index (χ3v) is 4.03. The maximum Gasteiger partial charge on any atom is 0.269 e. The molecule has 1 aromatic carbocycles. The smallest absolute Gasteiger partial charge is 0.269 e. The molecule has 1 amide bonds. The summed E-state index contributed by atoms with van der Waals surface area (Å²) < 4.78 is 0. The Kier molecular flexibility index (Phi) is 6.50. The van der Waals surface area contributed by atoms with Crippen LogP contribution in [0, 0.1) is 0 Å². The maximum absolute atomic E-state index is 12.4. The van der Waals surface area contributed by atoms with Crippen molar-refractivity contribution in [2.75, 3.05) is 13.1 Å². The molecule has 1 aromatic heterocycles. The quantitative estimate of drug-likeness (QED) is 0.846. The third-order valence-electron chi connectivity index (χ3n) is 4.03. The number of nitrogens with one attached hydrogen (secondary N) is 1. The summed E-state index contributed by atoms with van der Waals surface area (Å²) in [5, 5.41) is 2.97. The molecule has 0 fully saturated rings. The highest BCUT2D eigenvalue weighted by Gasteiger charge is 2.14. The summed E-state index contributed by atoms with van der Waals surface area (Å²) >= 11 is 0. The van der Waals surface area contributed by atoms with Gasteiger partial charge in [-0.3, -0.25) is 9.69 Å². The molecule has 0 aliphatic heterocycles. The number of carbonyl (C=O) groups excluding carboxylic acids is 1. The van der Waals surface area contributed by atoms with Gasteiger partial charge in [0.05, 0.1) is 5.69 Å². The van der Waals surface area contributed by atoms with Crippen LogP contribution in [0.3, 0.4) is 0 Å². The Labute approximate surface area is 144 Å². The first-order chi connectivity index (χ1) is 11.5. The van der Waals surface area contributed by atoms with E-state index >= 15 is 0 Å². The van der Waals surface area contributed by atoms with Gasteiger partial charge >= 0.3 is 0 Å². The van der Waals surface area contributed by atoms with E-state index in [0.717, 1.165) is 17.8 Å². The molecule has 24 heavy (non-hydrogen) atoms. The third kappa shape index (κ3) is 4.90. The summed E-state index contributed by atoms with van der Waals surface area (Å²) in [5.41, 5.74) is 2.28. The number of amides is 1. The topological polar surface area (TPSA) is 45.2 Å². The molecule has 0 radical (unpaired) electrons. The second kappa shape index (κ2) is 8.60. The van der Waals surface area contributed by atoms with E-state index in [2.05, 4.69) is 42.9 Å². The van der Waals surface area contributed by atoms with Crippen molar-refractivity contribution < 1.29 is 4.79 Å². The van der Waals surface area contributed by atoms with Gasteiger partial charge in [0.2, 0.25) is 0 Å². The molecule has 0 unspecified atom stereocenters. The molecule has 128 valence electrons. The van der Waals surface area contributed by atoms with Gasteiger partial charge in [0, 0.05) is 30.7 Å². The molecule has 1 heterocycles. The van der Waals surface area contributed by atoms with Crippen molar-refractivity contribution in [1.82, 2.24) is 15.2 Å². The van der Waals surface area contributed by atoms with Gasteiger partial charge in [-0.2, -0.15) is 0 Å². The van der Waals surface area contributed by atoms with E-state index in [-0.39, 0.29) is 5.91 Å². The Morgan fingerprint density at radius 2 is 1.67 bits per heavy atom. The van der Waals surface area contributed by atoms with Gasteiger partial charge in [0.15, 0.2) is 0 Å². The molecule has 0 bridgehead atoms. The zero-order valence-corrected chi connectivity index (χ0v) is 15.0. The normalized spacial score (nSPS) is 11.3. The Morgan fingerprint density at radius 3 is 2.29 bits per heavy atom. The number of rotatable bonds is 7. The van der Waals surface area contributed by atoms with Crippen LogP contribution < -0.4 is 5.32 Å². The molecule has 0 aliphatic carbocycles. The highest BCUT2D eigenvalue weighted by Crippen LogP contribution is 2.16. The molecule has 0 saturated heterocycles. The summed E-state index contributed by atoms with van der Waals surface area (Å²) in [6.45, 7) is 10.1. The SMILES string of the molecule is CC(C)N(CCNC(=O)c1cccc(-c2ccccc2)n1)C(C)C. The standard InChI is InChI=1S/C20H27N3O/c1-15(2)23(16(3)4)14-13-21-20(24)19-12-8-11-18(22-19)17-9-6-5-7-10-17/h5-12,15-16H,13-14H2,1-4H3,(H,21,24). The zero-order chi connectivity index (χ0) is 17.5. The summed E-state index contributed by atoms with van der Waals surface area (Å²) in [7, 11) is 0. The van der Waals surface area contributed by atoms with Crippen LogP contribution in [0.25, 0.3) is 11.3 Å². The fourth-order valence-corrected chi connectivity index (χ4v) is 2.83. The minimum Gasteiger partial charge on any atom is -0.349 e. The lowest BCUT2D eigenvalue weighted by molar-refractivity contribution is 0.0934. The lowest BCUT2D eigenvalue weighted by Gasteiger charge is -2.30. The van der Waals surface area contributed by atoms with Gasteiger partial charge in [-0.1, -0.05) is 36.4 Å². The van der Waals surface area contributed by atoms with Crippen molar-refractivity contribution in [2.45, 2.75) is 39.8 Å². The first-order valence-corrected chi connectivity index (χ1v) is 8.55. The number of aromatic nitrogens is 1. The first kappa shape index (κ1) is 18.1. The molecule has 0 aliphatic rings. The molecule has 2 rings (SSSR count). The van der Waals surface area contributed by atoms with Crippen LogP contribution in [0.2, 0.25) is 0 Å². The molecule has 1 N–H and O–H groups in total. The van der Waals surface area contributed by atoms with Crippen LogP contribution in [-0.2, 0) is 0 Å². The van der Waals surface area contributed by atoms with E-state index in [0.29, 0.717) is 24.3 Å². The molecule has 4 heteroatoms. The van der Waals surface area contributed by atoms with Crippen molar-refractivity contribution in [2.24, 2.45) is 0 Å². The van der Waals surface area contributed by atoms with Crippen LogP contribution in [-0.4, -0.2) is 41.0 Å². The van der Waals surface area contributed by atoms with Crippen molar-refractivity contribution >= 4 is 5.91 Å². The van der Waals surface area contributed by atoms with E-state index in [1.165, 1.54) is 0 Å². The number of hydrogen-bond acceptors (Lipinski definition) is 3. The van der Waals surface area contributed by atoms with Crippen molar-refractivity contribution in [1.29, 1.82) is 0 Å². The lowest BCUT2D eigenvalue weighted by Crippen LogP contribution is -2.42. The Bertz CT molecular complexity index is 645. The van der Waals surface area contributed by atoms with Crippen LogP contribution in [0.5, 0.6) is 0 Å². The van der Waals surface area contributed by atoms with Crippen LogP contribution in [0.15, 0.2) is 48.5 Å². The van der Waals surface area contributed by atoms with Gasteiger partial charge in [-0.25, -0.2) is 4.98 Å². The summed E-state index contributed by atoms with van der Waals surface area (Å²) in [5.74, 6) is -0.125. The molecular weight excluding hydrogens is 298 g/mol. The molecule has 2 aromatic rings. The second-order valence-corrected chi connectivity index (χ2v) is 6.46. The average Bonchev–Trinajstić information content (AvgIpc) is 2.58. The predicted molar refractivity (Wildman–Crippen MR) is 99.0 cm³/mol. The molecule has 4 nitrogen and oxygen atoms in total. The number of carbonyl (C=O) groups is 1. The zero-order valence-electron chi connectivity index (χ0n) is 15.0. The van der Waals surface area contributed by atoms with E-state index < -0.39 is 0 Å². The second-order valence-electron chi connectivity index (χ2n) is 6.46. The highest BCUT2D eigenvalue weighted by molar-refractivity contribution is 5.92. The lowest BCUT2D eigenvalue weighted by atomic mass is 10.1. The number of nitrogens with zero attached hydrogens (tertiary/aromatic N) is 2.